The lowest BCUT2D eigenvalue weighted by Gasteiger charge is -2.24. The minimum atomic E-state index is -0.989. The first-order valence-corrected chi connectivity index (χ1v) is 6.39. The zero-order valence-electron chi connectivity index (χ0n) is 11.7. The summed E-state index contributed by atoms with van der Waals surface area (Å²) >= 11 is 0. The summed E-state index contributed by atoms with van der Waals surface area (Å²) in [7, 11) is 2.81. The molecule has 0 amide bonds. The van der Waals surface area contributed by atoms with Crippen molar-refractivity contribution in [3.8, 4) is 11.5 Å². The lowest BCUT2D eigenvalue weighted by Crippen LogP contribution is -2.36. The number of anilines is 1. The highest BCUT2D eigenvalue weighted by Crippen LogP contribution is 2.41. The summed E-state index contributed by atoms with van der Waals surface area (Å²) in [5.74, 6) is -0.426. The standard InChI is InChI=1S/C13H16N2O6/c1-20-11-6-9(10(15(18)19)7-12(11)21-2)14-5-3-4-8(14)13(16)17/h6-8H,3-5H2,1-2H3,(H,16,17). The minimum Gasteiger partial charge on any atom is -0.493 e. The van der Waals surface area contributed by atoms with Crippen LogP contribution in [0, 0.1) is 10.1 Å². The molecule has 1 heterocycles. The van der Waals surface area contributed by atoms with Crippen molar-refractivity contribution in [2.75, 3.05) is 25.7 Å². The molecule has 0 radical (unpaired) electrons. The molecule has 1 aromatic carbocycles. The second-order valence-electron chi connectivity index (χ2n) is 4.64. The van der Waals surface area contributed by atoms with Gasteiger partial charge in [0.25, 0.3) is 5.69 Å². The summed E-state index contributed by atoms with van der Waals surface area (Å²) in [5, 5.41) is 20.5. The van der Waals surface area contributed by atoms with Crippen molar-refractivity contribution in [3.05, 3.63) is 22.2 Å². The second kappa shape index (κ2) is 5.86. The topological polar surface area (TPSA) is 102 Å². The number of nitrogens with zero attached hydrogens (tertiary/aromatic N) is 2. The van der Waals surface area contributed by atoms with Gasteiger partial charge in [-0.2, -0.15) is 0 Å². The van der Waals surface area contributed by atoms with Crippen LogP contribution < -0.4 is 14.4 Å². The van der Waals surface area contributed by atoms with Gasteiger partial charge in [0.05, 0.1) is 25.2 Å². The Morgan fingerprint density at radius 3 is 2.52 bits per heavy atom. The number of nitro groups is 1. The number of carboxylic acid groups (broad SMARTS) is 1. The number of ether oxygens (including phenoxy) is 2. The molecule has 21 heavy (non-hydrogen) atoms. The first-order chi connectivity index (χ1) is 9.99. The van der Waals surface area contributed by atoms with Crippen molar-refractivity contribution in [1.82, 2.24) is 0 Å². The van der Waals surface area contributed by atoms with Crippen LogP contribution in [0.5, 0.6) is 11.5 Å². The summed E-state index contributed by atoms with van der Waals surface area (Å²) in [6.45, 7) is 0.452. The van der Waals surface area contributed by atoms with Gasteiger partial charge in [0, 0.05) is 12.6 Å². The number of carboxylic acids is 1. The minimum absolute atomic E-state index is 0.194. The zero-order valence-corrected chi connectivity index (χ0v) is 11.7. The van der Waals surface area contributed by atoms with E-state index in [1.54, 1.807) is 0 Å². The molecular formula is C13H16N2O6. The third kappa shape index (κ3) is 2.69. The molecule has 1 unspecified atom stereocenters. The zero-order chi connectivity index (χ0) is 15.6. The summed E-state index contributed by atoms with van der Waals surface area (Å²) in [6.07, 6.45) is 1.13. The highest BCUT2D eigenvalue weighted by Gasteiger charge is 2.35. The van der Waals surface area contributed by atoms with E-state index in [0.717, 1.165) is 0 Å². The van der Waals surface area contributed by atoms with E-state index in [2.05, 4.69) is 0 Å². The molecule has 1 aromatic rings. The van der Waals surface area contributed by atoms with Crippen LogP contribution in [0.25, 0.3) is 0 Å². The van der Waals surface area contributed by atoms with Crippen LogP contribution in [0.1, 0.15) is 12.8 Å². The van der Waals surface area contributed by atoms with E-state index in [4.69, 9.17) is 9.47 Å². The molecule has 0 spiro atoms. The highest BCUT2D eigenvalue weighted by molar-refractivity contribution is 5.82. The fourth-order valence-corrected chi connectivity index (χ4v) is 2.55. The Morgan fingerprint density at radius 1 is 1.38 bits per heavy atom. The molecule has 1 atom stereocenters. The van der Waals surface area contributed by atoms with Gasteiger partial charge in [0.1, 0.15) is 11.7 Å². The first-order valence-electron chi connectivity index (χ1n) is 6.39. The number of nitro benzene ring substituents is 1. The van der Waals surface area contributed by atoms with Crippen LogP contribution in [0.4, 0.5) is 11.4 Å². The molecule has 0 aliphatic carbocycles. The number of hydrogen-bond donors (Lipinski definition) is 1. The third-order valence-corrected chi connectivity index (χ3v) is 3.52. The molecule has 2 rings (SSSR count). The molecular weight excluding hydrogens is 280 g/mol. The number of benzene rings is 1. The molecule has 1 saturated heterocycles. The van der Waals surface area contributed by atoms with E-state index in [1.807, 2.05) is 0 Å². The number of carbonyl (C=O) groups is 1. The van der Waals surface area contributed by atoms with Gasteiger partial charge < -0.3 is 19.5 Å². The van der Waals surface area contributed by atoms with Crippen molar-refractivity contribution in [2.45, 2.75) is 18.9 Å². The van der Waals surface area contributed by atoms with E-state index in [1.165, 1.54) is 31.3 Å². The Hall–Kier alpha value is -2.51. The normalized spacial score (nSPS) is 17.6. The molecule has 1 fully saturated rings. The Labute approximate surface area is 121 Å². The van der Waals surface area contributed by atoms with Gasteiger partial charge in [-0.1, -0.05) is 0 Å². The molecule has 1 aliphatic heterocycles. The molecule has 114 valence electrons. The van der Waals surface area contributed by atoms with Gasteiger partial charge in [-0.15, -0.1) is 0 Å². The van der Waals surface area contributed by atoms with Crippen molar-refractivity contribution >= 4 is 17.3 Å². The second-order valence-corrected chi connectivity index (χ2v) is 4.64. The molecule has 8 nitrogen and oxygen atoms in total. The van der Waals surface area contributed by atoms with Gasteiger partial charge in [-0.25, -0.2) is 4.79 Å². The fourth-order valence-electron chi connectivity index (χ4n) is 2.55. The fraction of sp³-hybridized carbons (Fsp3) is 0.462. The monoisotopic (exact) mass is 296 g/mol. The maximum absolute atomic E-state index is 11.3. The third-order valence-electron chi connectivity index (χ3n) is 3.52. The average Bonchev–Trinajstić information content (AvgIpc) is 2.95. The van der Waals surface area contributed by atoms with Crippen LogP contribution in [0.15, 0.2) is 12.1 Å². The number of rotatable bonds is 5. The maximum Gasteiger partial charge on any atom is 0.326 e. The largest absolute Gasteiger partial charge is 0.493 e. The lowest BCUT2D eigenvalue weighted by molar-refractivity contribution is -0.384. The van der Waals surface area contributed by atoms with E-state index in [-0.39, 0.29) is 17.1 Å². The maximum atomic E-state index is 11.3. The number of hydrogen-bond acceptors (Lipinski definition) is 6. The molecule has 0 bridgehead atoms. The molecule has 0 aromatic heterocycles. The Morgan fingerprint density at radius 2 is 2.00 bits per heavy atom. The SMILES string of the molecule is COc1cc(N2CCCC2C(=O)O)c([N+](=O)[O-])cc1OC. The molecule has 8 heteroatoms. The first kappa shape index (κ1) is 14.9. The summed E-state index contributed by atoms with van der Waals surface area (Å²) in [4.78, 5) is 23.5. The predicted molar refractivity (Wildman–Crippen MR) is 74.2 cm³/mol. The molecule has 0 saturated carbocycles. The van der Waals surface area contributed by atoms with Gasteiger partial charge in [-0.3, -0.25) is 10.1 Å². The summed E-state index contributed by atoms with van der Waals surface area (Å²) in [5.41, 5.74) is 0.0448. The van der Waals surface area contributed by atoms with Gasteiger partial charge >= 0.3 is 5.97 Å². The highest BCUT2D eigenvalue weighted by atomic mass is 16.6. The Balaban J connectivity index is 2.55. The average molecular weight is 296 g/mol. The van der Waals surface area contributed by atoms with Crippen LogP contribution in [0.2, 0.25) is 0 Å². The summed E-state index contributed by atoms with van der Waals surface area (Å²) < 4.78 is 10.2. The smallest absolute Gasteiger partial charge is 0.326 e. The van der Waals surface area contributed by atoms with E-state index >= 15 is 0 Å². The van der Waals surface area contributed by atoms with Crippen molar-refractivity contribution in [1.29, 1.82) is 0 Å². The van der Waals surface area contributed by atoms with E-state index < -0.39 is 16.9 Å². The van der Waals surface area contributed by atoms with Crippen molar-refractivity contribution in [3.63, 3.8) is 0 Å². The summed E-state index contributed by atoms with van der Waals surface area (Å²) in [6, 6.07) is 1.95. The predicted octanol–water partition coefficient (Wildman–Crippen LogP) is 1.67. The van der Waals surface area contributed by atoms with Crippen LogP contribution >= 0.6 is 0 Å². The van der Waals surface area contributed by atoms with Gasteiger partial charge in [0.2, 0.25) is 0 Å². The molecule has 1 aliphatic rings. The Bertz CT molecular complexity index is 574. The van der Waals surface area contributed by atoms with E-state index in [9.17, 15) is 20.0 Å². The van der Waals surface area contributed by atoms with Gasteiger partial charge in [-0.05, 0) is 12.8 Å². The van der Waals surface area contributed by atoms with Crippen LogP contribution in [-0.4, -0.2) is 42.8 Å². The van der Waals surface area contributed by atoms with E-state index in [0.29, 0.717) is 25.1 Å². The number of methoxy groups -OCH3 is 2. The quantitative estimate of drug-likeness (QED) is 0.651. The van der Waals surface area contributed by atoms with Crippen LogP contribution in [0.3, 0.4) is 0 Å². The van der Waals surface area contributed by atoms with Crippen LogP contribution in [-0.2, 0) is 4.79 Å². The lowest BCUT2D eigenvalue weighted by atomic mass is 10.1. The molecule has 1 N–H and O–H groups in total. The van der Waals surface area contributed by atoms with Crippen molar-refractivity contribution < 1.29 is 24.3 Å². The number of aliphatic carboxylic acids is 1. The van der Waals surface area contributed by atoms with Crippen molar-refractivity contribution in [2.24, 2.45) is 0 Å². The van der Waals surface area contributed by atoms with Gasteiger partial charge in [0.15, 0.2) is 11.5 Å². The Kier molecular flexibility index (Phi) is 4.15.